The average Bonchev–Trinajstić information content (AvgIpc) is 3.16. The number of hydrogen-bond acceptors (Lipinski definition) is 7. The second-order valence-electron chi connectivity index (χ2n) is 7.87. The molecular formula is C24H27N7O2. The van der Waals surface area contributed by atoms with Crippen molar-refractivity contribution in [3.05, 3.63) is 54.0 Å². The third-order valence-corrected chi connectivity index (χ3v) is 5.37. The summed E-state index contributed by atoms with van der Waals surface area (Å²) in [6.45, 7) is 1.92. The predicted molar refractivity (Wildman–Crippen MR) is 130 cm³/mol. The molecule has 9 nitrogen and oxygen atoms in total. The molecule has 1 aromatic carbocycles. The van der Waals surface area contributed by atoms with Gasteiger partial charge in [-0.25, -0.2) is 4.98 Å². The lowest BCUT2D eigenvalue weighted by Gasteiger charge is -2.14. The summed E-state index contributed by atoms with van der Waals surface area (Å²) in [4.78, 5) is 30.8. The molecule has 33 heavy (non-hydrogen) atoms. The first-order valence-electron chi connectivity index (χ1n) is 10.5. The monoisotopic (exact) mass is 445 g/mol. The van der Waals surface area contributed by atoms with Crippen molar-refractivity contribution in [2.75, 3.05) is 38.9 Å². The number of aromatic nitrogens is 4. The zero-order chi connectivity index (χ0) is 23.5. The van der Waals surface area contributed by atoms with Crippen molar-refractivity contribution >= 4 is 34.3 Å². The maximum atomic E-state index is 12.6. The Morgan fingerprint density at radius 1 is 1.18 bits per heavy atom. The second kappa shape index (κ2) is 9.15. The van der Waals surface area contributed by atoms with Crippen LogP contribution in [0.25, 0.3) is 22.2 Å². The fourth-order valence-corrected chi connectivity index (χ4v) is 3.69. The number of ether oxygens (including phenoxy) is 1. The van der Waals surface area contributed by atoms with Gasteiger partial charge in [-0.05, 0) is 36.8 Å². The smallest absolute Gasteiger partial charge is 0.229 e. The van der Waals surface area contributed by atoms with E-state index in [1.54, 1.807) is 38.5 Å². The summed E-state index contributed by atoms with van der Waals surface area (Å²) >= 11 is 0. The number of aryl methyl sites for hydroxylation is 1. The van der Waals surface area contributed by atoms with Gasteiger partial charge in [-0.2, -0.15) is 4.98 Å². The molecule has 170 valence electrons. The number of carbonyl (C=O) groups excluding carboxylic acids is 1. The van der Waals surface area contributed by atoms with Crippen LogP contribution in [0.1, 0.15) is 11.3 Å². The Bertz CT molecular complexity index is 1310. The van der Waals surface area contributed by atoms with Crippen LogP contribution < -0.4 is 15.4 Å². The molecule has 0 saturated heterocycles. The van der Waals surface area contributed by atoms with Gasteiger partial charge in [0.1, 0.15) is 11.6 Å². The van der Waals surface area contributed by atoms with Gasteiger partial charge in [-0.15, -0.1) is 0 Å². The van der Waals surface area contributed by atoms with Gasteiger partial charge in [-0.1, -0.05) is 0 Å². The van der Waals surface area contributed by atoms with Crippen molar-refractivity contribution in [1.29, 1.82) is 0 Å². The molecule has 0 bridgehead atoms. The fraction of sp³-hybridized carbons (Fsp3) is 0.250. The standard InChI is InChI=1S/C24H27N7O2/c1-14-10-21(25-2)30-24(27-14)28-15-6-7-20(33-5)18(11-15)23-17(12-22(32)31(3)4)16-8-9-26-13-19(16)29-23/h6-11,13,29H,12H2,1-5H3,(H2,25,27,28,30). The van der Waals surface area contributed by atoms with E-state index in [4.69, 9.17) is 4.74 Å². The lowest BCUT2D eigenvalue weighted by Crippen LogP contribution is -2.23. The van der Waals surface area contributed by atoms with Crippen LogP contribution >= 0.6 is 0 Å². The number of H-pyrrole nitrogens is 1. The Labute approximate surface area is 192 Å². The van der Waals surface area contributed by atoms with Gasteiger partial charge in [0.25, 0.3) is 0 Å². The molecule has 0 saturated carbocycles. The number of likely N-dealkylation sites (N-methyl/N-ethyl adjacent to an activating group) is 1. The number of hydrogen-bond donors (Lipinski definition) is 3. The summed E-state index contributed by atoms with van der Waals surface area (Å²) in [5.41, 5.74) is 5.02. The van der Waals surface area contributed by atoms with Crippen molar-refractivity contribution in [2.24, 2.45) is 0 Å². The Morgan fingerprint density at radius 2 is 2.00 bits per heavy atom. The van der Waals surface area contributed by atoms with Crippen LogP contribution in [0.2, 0.25) is 0 Å². The normalized spacial score (nSPS) is 10.8. The predicted octanol–water partition coefficient (Wildman–Crippen LogP) is 3.75. The van der Waals surface area contributed by atoms with E-state index < -0.39 is 0 Å². The summed E-state index contributed by atoms with van der Waals surface area (Å²) in [5.74, 6) is 1.90. The summed E-state index contributed by atoms with van der Waals surface area (Å²) in [6.07, 6.45) is 3.74. The number of nitrogens with zero attached hydrogens (tertiary/aromatic N) is 4. The zero-order valence-corrected chi connectivity index (χ0v) is 19.4. The second-order valence-corrected chi connectivity index (χ2v) is 7.87. The number of anilines is 3. The molecule has 4 aromatic rings. The topological polar surface area (TPSA) is 108 Å². The lowest BCUT2D eigenvalue weighted by atomic mass is 10.0. The first kappa shape index (κ1) is 22.1. The van der Waals surface area contributed by atoms with Gasteiger partial charge in [0.05, 0.1) is 30.9 Å². The van der Waals surface area contributed by atoms with Crippen LogP contribution in [0.15, 0.2) is 42.7 Å². The molecule has 3 aromatic heterocycles. The number of amides is 1. The summed E-state index contributed by atoms with van der Waals surface area (Å²) in [6, 6.07) is 9.54. The first-order chi connectivity index (χ1) is 15.9. The van der Waals surface area contributed by atoms with E-state index in [1.807, 2.05) is 44.3 Å². The van der Waals surface area contributed by atoms with E-state index >= 15 is 0 Å². The highest BCUT2D eigenvalue weighted by Crippen LogP contribution is 2.38. The minimum atomic E-state index is 0.00923. The summed E-state index contributed by atoms with van der Waals surface area (Å²) in [7, 11) is 6.96. The van der Waals surface area contributed by atoms with Crippen LogP contribution in [-0.4, -0.2) is 59.0 Å². The highest BCUT2D eigenvalue weighted by Gasteiger charge is 2.20. The third-order valence-electron chi connectivity index (χ3n) is 5.37. The zero-order valence-electron chi connectivity index (χ0n) is 19.4. The molecule has 9 heteroatoms. The largest absolute Gasteiger partial charge is 0.496 e. The van der Waals surface area contributed by atoms with Crippen molar-refractivity contribution in [2.45, 2.75) is 13.3 Å². The van der Waals surface area contributed by atoms with Crippen molar-refractivity contribution in [1.82, 2.24) is 24.8 Å². The minimum Gasteiger partial charge on any atom is -0.496 e. The first-order valence-corrected chi connectivity index (χ1v) is 10.5. The van der Waals surface area contributed by atoms with Crippen molar-refractivity contribution in [3.63, 3.8) is 0 Å². The van der Waals surface area contributed by atoms with Gasteiger partial charge in [0.15, 0.2) is 0 Å². The van der Waals surface area contributed by atoms with Gasteiger partial charge < -0.3 is 25.3 Å². The van der Waals surface area contributed by atoms with Crippen molar-refractivity contribution < 1.29 is 9.53 Å². The molecule has 0 aliphatic heterocycles. The van der Waals surface area contributed by atoms with Gasteiger partial charge in [0.2, 0.25) is 11.9 Å². The quantitative estimate of drug-likeness (QED) is 0.398. The maximum Gasteiger partial charge on any atom is 0.229 e. The molecule has 1 amide bonds. The number of pyridine rings is 1. The molecule has 0 fully saturated rings. The number of aromatic amines is 1. The molecule has 0 aliphatic rings. The van der Waals surface area contributed by atoms with E-state index in [-0.39, 0.29) is 12.3 Å². The number of fused-ring (bicyclic) bond motifs is 1. The molecule has 3 heterocycles. The van der Waals surface area contributed by atoms with E-state index in [0.717, 1.165) is 44.9 Å². The Hall–Kier alpha value is -4.14. The number of carbonyl (C=O) groups is 1. The fourth-order valence-electron chi connectivity index (χ4n) is 3.69. The molecule has 0 spiro atoms. The van der Waals surface area contributed by atoms with E-state index in [1.165, 1.54) is 0 Å². The highest BCUT2D eigenvalue weighted by atomic mass is 16.5. The van der Waals surface area contributed by atoms with E-state index in [9.17, 15) is 4.79 Å². The highest BCUT2D eigenvalue weighted by molar-refractivity contribution is 5.96. The average molecular weight is 446 g/mol. The third kappa shape index (κ3) is 4.57. The summed E-state index contributed by atoms with van der Waals surface area (Å²) in [5, 5.41) is 7.27. The maximum absolute atomic E-state index is 12.6. The van der Waals surface area contributed by atoms with Gasteiger partial charge in [0, 0.05) is 55.7 Å². The molecule has 4 rings (SSSR count). The minimum absolute atomic E-state index is 0.00923. The van der Waals surface area contributed by atoms with Crippen LogP contribution in [0.4, 0.5) is 17.5 Å². The Morgan fingerprint density at radius 3 is 2.73 bits per heavy atom. The van der Waals surface area contributed by atoms with Crippen molar-refractivity contribution in [3.8, 4) is 17.0 Å². The molecule has 3 N–H and O–H groups in total. The molecule has 0 aliphatic carbocycles. The molecule has 0 radical (unpaired) electrons. The number of methoxy groups -OCH3 is 1. The van der Waals surface area contributed by atoms with Crippen LogP contribution in [-0.2, 0) is 11.2 Å². The molecular weight excluding hydrogens is 418 g/mol. The van der Waals surface area contributed by atoms with Gasteiger partial charge >= 0.3 is 0 Å². The number of benzene rings is 1. The van der Waals surface area contributed by atoms with Crippen LogP contribution in [0, 0.1) is 6.92 Å². The summed E-state index contributed by atoms with van der Waals surface area (Å²) < 4.78 is 5.66. The van der Waals surface area contributed by atoms with Gasteiger partial charge in [-0.3, -0.25) is 9.78 Å². The van der Waals surface area contributed by atoms with Crippen LogP contribution in [0.3, 0.4) is 0 Å². The van der Waals surface area contributed by atoms with E-state index in [2.05, 4.69) is 30.6 Å². The van der Waals surface area contributed by atoms with E-state index in [0.29, 0.717) is 11.7 Å². The number of rotatable bonds is 7. The Kier molecular flexibility index (Phi) is 6.12. The van der Waals surface area contributed by atoms with Crippen LogP contribution in [0.5, 0.6) is 5.75 Å². The SMILES string of the molecule is CNc1cc(C)nc(Nc2ccc(OC)c(-c3[nH]c4cnccc4c3CC(=O)N(C)C)c2)n1. The molecule has 0 unspecified atom stereocenters. The lowest BCUT2D eigenvalue weighted by molar-refractivity contribution is -0.127. The number of nitrogens with one attached hydrogen (secondary N) is 3. The Balaban J connectivity index is 1.82. The molecule has 0 atom stereocenters.